The number of rotatable bonds is 2. The van der Waals surface area contributed by atoms with Crippen molar-refractivity contribution in [3.63, 3.8) is 0 Å². The first kappa shape index (κ1) is 9.73. The van der Waals surface area contributed by atoms with Gasteiger partial charge in [-0.3, -0.25) is 14.3 Å². The highest BCUT2D eigenvalue weighted by Gasteiger charge is 2.20. The molecule has 0 atom stereocenters. The van der Waals surface area contributed by atoms with E-state index in [1.165, 1.54) is 18.7 Å². The molecule has 0 bridgehead atoms. The third-order valence-electron chi connectivity index (χ3n) is 1.56. The predicted octanol–water partition coefficient (Wildman–Crippen LogP) is 0.375. The number of hydrogen-bond donors (Lipinski definition) is 1. The van der Waals surface area contributed by atoms with Crippen molar-refractivity contribution in [3.05, 3.63) is 16.4 Å². The van der Waals surface area contributed by atoms with Gasteiger partial charge in [0.15, 0.2) is 5.78 Å². The van der Waals surface area contributed by atoms with Gasteiger partial charge in [-0.2, -0.15) is 5.10 Å². The van der Waals surface area contributed by atoms with E-state index in [9.17, 15) is 9.59 Å². The number of hydrogen-bond acceptors (Lipinski definition) is 3. The maximum atomic E-state index is 10.9. The van der Waals surface area contributed by atoms with Gasteiger partial charge in [-0.15, -0.1) is 0 Å². The SMILES string of the molecule is CC(=O)c1nn(C)c(C(N)=O)c1Cl. The molecule has 0 aliphatic heterocycles. The summed E-state index contributed by atoms with van der Waals surface area (Å²) in [5, 5.41) is 3.78. The summed E-state index contributed by atoms with van der Waals surface area (Å²) < 4.78 is 1.20. The van der Waals surface area contributed by atoms with Gasteiger partial charge in [-0.25, -0.2) is 0 Å². The molecule has 0 aliphatic rings. The van der Waals surface area contributed by atoms with E-state index in [1.807, 2.05) is 0 Å². The first-order valence-corrected chi connectivity index (χ1v) is 3.86. The topological polar surface area (TPSA) is 78.0 Å². The molecule has 13 heavy (non-hydrogen) atoms. The fourth-order valence-electron chi connectivity index (χ4n) is 0.991. The number of halogens is 1. The molecule has 0 unspecified atom stereocenters. The molecule has 0 spiro atoms. The highest BCUT2D eigenvalue weighted by Crippen LogP contribution is 2.19. The molecule has 2 N–H and O–H groups in total. The fraction of sp³-hybridized carbons (Fsp3) is 0.286. The molecule has 0 saturated heterocycles. The summed E-state index contributed by atoms with van der Waals surface area (Å²) in [6.45, 7) is 1.32. The van der Waals surface area contributed by atoms with Crippen LogP contribution in [-0.4, -0.2) is 21.5 Å². The van der Waals surface area contributed by atoms with E-state index in [0.29, 0.717) is 0 Å². The molecule has 0 fully saturated rings. The summed E-state index contributed by atoms with van der Waals surface area (Å²) in [6, 6.07) is 0. The van der Waals surface area contributed by atoms with Gasteiger partial charge in [0.1, 0.15) is 16.4 Å². The van der Waals surface area contributed by atoms with Gasteiger partial charge in [0.25, 0.3) is 5.91 Å². The van der Waals surface area contributed by atoms with Crippen molar-refractivity contribution in [3.8, 4) is 0 Å². The lowest BCUT2D eigenvalue weighted by Crippen LogP contribution is -2.16. The van der Waals surface area contributed by atoms with Gasteiger partial charge in [0, 0.05) is 14.0 Å². The van der Waals surface area contributed by atoms with Gasteiger partial charge in [0.2, 0.25) is 0 Å². The zero-order valence-electron chi connectivity index (χ0n) is 7.17. The van der Waals surface area contributed by atoms with Crippen LogP contribution in [0.3, 0.4) is 0 Å². The van der Waals surface area contributed by atoms with Crippen LogP contribution in [0.25, 0.3) is 0 Å². The van der Waals surface area contributed by atoms with Gasteiger partial charge < -0.3 is 5.73 Å². The smallest absolute Gasteiger partial charge is 0.268 e. The lowest BCUT2D eigenvalue weighted by molar-refractivity contribution is 0.0988. The summed E-state index contributed by atoms with van der Waals surface area (Å²) in [5.41, 5.74) is 5.15. The van der Waals surface area contributed by atoms with Crippen molar-refractivity contribution in [2.45, 2.75) is 6.92 Å². The summed E-state index contributed by atoms with van der Waals surface area (Å²) >= 11 is 5.71. The van der Waals surface area contributed by atoms with Crippen LogP contribution < -0.4 is 5.73 Å². The lowest BCUT2D eigenvalue weighted by Gasteiger charge is -1.94. The summed E-state index contributed by atoms with van der Waals surface area (Å²) in [5.74, 6) is -0.999. The molecule has 0 aliphatic carbocycles. The zero-order chi connectivity index (χ0) is 10.2. The van der Waals surface area contributed by atoms with Crippen molar-refractivity contribution < 1.29 is 9.59 Å². The maximum absolute atomic E-state index is 10.9. The molecule has 1 amide bonds. The van der Waals surface area contributed by atoms with Crippen molar-refractivity contribution in [1.29, 1.82) is 0 Å². The number of nitrogens with zero attached hydrogens (tertiary/aromatic N) is 2. The van der Waals surface area contributed by atoms with Crippen LogP contribution >= 0.6 is 11.6 Å². The monoisotopic (exact) mass is 201 g/mol. The minimum Gasteiger partial charge on any atom is -0.364 e. The number of Topliss-reactive ketones (excluding diaryl/α,β-unsaturated/α-hetero) is 1. The average molecular weight is 202 g/mol. The van der Waals surface area contributed by atoms with Crippen LogP contribution in [0.15, 0.2) is 0 Å². The average Bonchev–Trinajstić information content (AvgIpc) is 2.26. The van der Waals surface area contributed by atoms with E-state index in [2.05, 4.69) is 5.10 Å². The van der Waals surface area contributed by atoms with E-state index < -0.39 is 5.91 Å². The Morgan fingerprint density at radius 1 is 1.54 bits per heavy atom. The molecule has 6 heteroatoms. The van der Waals surface area contributed by atoms with Gasteiger partial charge in [-0.05, 0) is 0 Å². The normalized spacial score (nSPS) is 10.1. The lowest BCUT2D eigenvalue weighted by atomic mass is 10.3. The first-order valence-electron chi connectivity index (χ1n) is 3.48. The number of nitrogens with two attached hydrogens (primary N) is 1. The van der Waals surface area contributed by atoms with E-state index >= 15 is 0 Å². The second-order valence-electron chi connectivity index (χ2n) is 2.56. The highest BCUT2D eigenvalue weighted by molar-refractivity contribution is 6.36. The third-order valence-corrected chi connectivity index (χ3v) is 1.91. The molecule has 0 aromatic carbocycles. The van der Waals surface area contributed by atoms with Crippen LogP contribution in [0.5, 0.6) is 0 Å². The Morgan fingerprint density at radius 3 is 2.31 bits per heavy atom. The third kappa shape index (κ3) is 1.55. The molecule has 1 heterocycles. The maximum Gasteiger partial charge on any atom is 0.268 e. The molecular formula is C7H8ClN3O2. The number of carbonyl (C=O) groups excluding carboxylic acids is 2. The second-order valence-corrected chi connectivity index (χ2v) is 2.93. The summed E-state index contributed by atoms with van der Waals surface area (Å²) in [4.78, 5) is 21.8. The van der Waals surface area contributed by atoms with Crippen molar-refractivity contribution in [2.24, 2.45) is 12.8 Å². The van der Waals surface area contributed by atoms with Crippen molar-refractivity contribution in [1.82, 2.24) is 9.78 Å². The van der Waals surface area contributed by atoms with Gasteiger partial charge in [-0.1, -0.05) is 11.6 Å². The molecule has 1 aromatic heterocycles. The van der Waals surface area contributed by atoms with Crippen LogP contribution in [0.2, 0.25) is 5.02 Å². The Bertz CT molecular complexity index is 383. The number of ketones is 1. The van der Waals surface area contributed by atoms with Gasteiger partial charge in [0.05, 0.1) is 0 Å². The minimum absolute atomic E-state index is 0.0162. The van der Waals surface area contributed by atoms with E-state index in [-0.39, 0.29) is 22.2 Å². The largest absolute Gasteiger partial charge is 0.364 e. The van der Waals surface area contributed by atoms with Gasteiger partial charge >= 0.3 is 0 Å². The number of aromatic nitrogens is 2. The molecular weight excluding hydrogens is 194 g/mol. The summed E-state index contributed by atoms with van der Waals surface area (Å²) in [6.07, 6.45) is 0. The standard InChI is InChI=1S/C7H8ClN3O2/c1-3(12)5-4(8)6(7(9)13)11(2)10-5/h1-2H3,(H2,9,13). The molecule has 0 radical (unpaired) electrons. The second kappa shape index (κ2) is 3.18. The van der Waals surface area contributed by atoms with E-state index in [0.717, 1.165) is 0 Å². The van der Waals surface area contributed by atoms with Crippen LogP contribution in [0.1, 0.15) is 27.9 Å². The van der Waals surface area contributed by atoms with E-state index in [4.69, 9.17) is 17.3 Å². The molecule has 0 saturated carbocycles. The number of amides is 1. The Balaban J connectivity index is 3.39. The molecule has 70 valence electrons. The molecule has 1 aromatic rings. The van der Waals surface area contributed by atoms with E-state index in [1.54, 1.807) is 0 Å². The number of carbonyl (C=O) groups is 2. The Labute approximate surface area is 79.5 Å². The van der Waals surface area contributed by atoms with Crippen LogP contribution in [0, 0.1) is 0 Å². The molecule has 5 nitrogen and oxygen atoms in total. The van der Waals surface area contributed by atoms with Crippen molar-refractivity contribution in [2.75, 3.05) is 0 Å². The quantitative estimate of drug-likeness (QED) is 0.703. The Morgan fingerprint density at radius 2 is 2.08 bits per heavy atom. The Hall–Kier alpha value is -1.36. The molecule has 1 rings (SSSR count). The Kier molecular flexibility index (Phi) is 2.38. The zero-order valence-corrected chi connectivity index (χ0v) is 7.92. The number of primary amides is 1. The highest BCUT2D eigenvalue weighted by atomic mass is 35.5. The van der Waals surface area contributed by atoms with Crippen LogP contribution in [-0.2, 0) is 7.05 Å². The number of aryl methyl sites for hydroxylation is 1. The first-order chi connectivity index (χ1) is 5.95. The fourth-order valence-corrected chi connectivity index (χ4v) is 1.38. The summed E-state index contributed by atoms with van der Waals surface area (Å²) in [7, 11) is 1.50. The minimum atomic E-state index is -0.701. The van der Waals surface area contributed by atoms with Crippen molar-refractivity contribution >= 4 is 23.3 Å². The van der Waals surface area contributed by atoms with Crippen LogP contribution in [0.4, 0.5) is 0 Å². The predicted molar refractivity (Wildman–Crippen MR) is 46.7 cm³/mol.